The number of carbonyl (C=O) groups is 2. The minimum absolute atomic E-state index is 0.0840. The number of halogens is 3. The zero-order valence-corrected chi connectivity index (χ0v) is 72.5. The maximum atomic E-state index is 11.2. The topological polar surface area (TPSA) is 243 Å². The highest BCUT2D eigenvalue weighted by Crippen LogP contribution is 2.44. The van der Waals surface area contributed by atoms with Crippen molar-refractivity contribution in [3.8, 4) is 61.6 Å². The van der Waals surface area contributed by atoms with Crippen LogP contribution in [0.5, 0.6) is 5.75 Å². The first-order chi connectivity index (χ1) is 55.0. The molecule has 13 aromatic rings. The number of methoxy groups -OCH3 is 1. The van der Waals surface area contributed by atoms with Crippen LogP contribution >= 0.6 is 47.8 Å². The van der Waals surface area contributed by atoms with Crippen molar-refractivity contribution >= 4 is 126 Å². The number of ether oxygens (including phenoxy) is 1. The van der Waals surface area contributed by atoms with Gasteiger partial charge in [0, 0.05) is 113 Å². The third-order valence-electron chi connectivity index (χ3n) is 20.6. The van der Waals surface area contributed by atoms with Gasteiger partial charge in [-0.2, -0.15) is 0 Å². The Labute approximate surface area is 706 Å². The second-order valence-electron chi connectivity index (χ2n) is 30.7. The fourth-order valence-electron chi connectivity index (χ4n) is 11.8. The minimum atomic E-state index is -1.40. The van der Waals surface area contributed by atoms with E-state index in [1.54, 1.807) is 76.2 Å². The van der Waals surface area contributed by atoms with E-state index in [2.05, 4.69) is 192 Å². The molecule has 592 valence electrons. The number of fused-ring (bicyclic) bond motifs is 2. The molecule has 7 aromatic carbocycles. The van der Waals surface area contributed by atoms with Gasteiger partial charge in [0.2, 0.25) is 0 Å². The first-order valence-electron chi connectivity index (χ1n) is 37.7. The molecule has 18 nitrogen and oxygen atoms in total. The van der Waals surface area contributed by atoms with Crippen LogP contribution in [-0.2, 0) is 27.9 Å². The molecule has 3 aliphatic heterocycles. The molecule has 4 N–H and O–H groups in total. The van der Waals surface area contributed by atoms with Crippen LogP contribution in [-0.4, -0.2) is 120 Å². The fourth-order valence-corrected chi connectivity index (χ4v) is 13.0. The fraction of sp³-hybridized carbons (Fsp3) is 0.231. The van der Waals surface area contributed by atoms with Crippen molar-refractivity contribution in [3.63, 3.8) is 0 Å². The molecule has 0 saturated carbocycles. The lowest BCUT2D eigenvalue weighted by Crippen LogP contribution is -2.41. The Bertz CT molecular complexity index is 5410. The highest BCUT2D eigenvalue weighted by molar-refractivity contribution is 9.11. The van der Waals surface area contributed by atoms with Crippen molar-refractivity contribution < 1.29 is 52.3 Å². The number of rotatable bonds is 11. The van der Waals surface area contributed by atoms with E-state index in [1.807, 2.05) is 171 Å². The van der Waals surface area contributed by atoms with Crippen LogP contribution in [0.4, 0.5) is 5.69 Å². The van der Waals surface area contributed by atoms with Gasteiger partial charge in [-0.15, -0.1) is 0 Å². The summed E-state index contributed by atoms with van der Waals surface area (Å²) in [5, 5.41) is 19.3. The first-order valence-corrected chi connectivity index (χ1v) is 40.1. The van der Waals surface area contributed by atoms with E-state index in [4.69, 9.17) is 58.4 Å². The average molecular weight is 1740 g/mol. The molecule has 3 saturated heterocycles. The molecule has 6 aromatic heterocycles. The molecule has 0 bridgehead atoms. The normalized spacial score (nSPS) is 15.3. The number of hydrogen-bond acceptors (Lipinski definition) is 18. The van der Waals surface area contributed by atoms with Crippen LogP contribution in [0.3, 0.4) is 0 Å². The molecule has 0 atom stereocenters. The number of carbonyl (C=O) groups excluding carboxylic acids is 2. The summed E-state index contributed by atoms with van der Waals surface area (Å²) < 4.78 is 44.2. The number of Topliss-reactive ketones (excluding diaryl/α,β-unsaturated/α-hetero) is 2. The second-order valence-corrected chi connectivity index (χ2v) is 33.4. The molecule has 0 amide bonds. The summed E-state index contributed by atoms with van der Waals surface area (Å²) in [5.41, 5.74) is 19.6. The van der Waals surface area contributed by atoms with Crippen LogP contribution < -0.4 is 21.4 Å². The Morgan fingerprint density at radius 1 is 0.388 bits per heavy atom. The Balaban J connectivity index is 0.000000150. The van der Waals surface area contributed by atoms with Crippen LogP contribution in [0.2, 0.25) is 0 Å². The number of pyridine rings is 6. The Kier molecular flexibility index (Phi) is 29.8. The van der Waals surface area contributed by atoms with E-state index < -0.39 is 21.1 Å². The largest absolute Gasteiger partial charge is 0.495 e. The van der Waals surface area contributed by atoms with Gasteiger partial charge in [0.25, 0.3) is 0 Å². The highest BCUT2D eigenvalue weighted by atomic mass is 79.9. The maximum absolute atomic E-state index is 11.2. The van der Waals surface area contributed by atoms with Gasteiger partial charge in [-0.25, -0.2) is 9.97 Å². The van der Waals surface area contributed by atoms with Crippen molar-refractivity contribution in [2.75, 3.05) is 12.8 Å². The number of hydrogen-bond donors (Lipinski definition) is 3. The van der Waals surface area contributed by atoms with Gasteiger partial charge in [0.05, 0.1) is 68.8 Å². The van der Waals surface area contributed by atoms with Crippen molar-refractivity contribution in [2.24, 2.45) is 0 Å². The number of ketones is 2. The second kappa shape index (κ2) is 39.0. The molecule has 0 aliphatic carbocycles. The molecular formula is C91H94B4Br3N7O11. The lowest BCUT2D eigenvalue weighted by Gasteiger charge is -2.32. The van der Waals surface area contributed by atoms with E-state index in [1.165, 1.54) is 6.20 Å². The number of benzene rings is 7. The van der Waals surface area contributed by atoms with E-state index in [-0.39, 0.29) is 52.3 Å². The average Bonchev–Trinajstić information content (AvgIpc) is 1.60. The van der Waals surface area contributed by atoms with E-state index >= 15 is 0 Å². The van der Waals surface area contributed by atoms with Gasteiger partial charge in [-0.05, 0) is 234 Å². The van der Waals surface area contributed by atoms with Crippen LogP contribution in [0.1, 0.15) is 118 Å². The molecule has 0 unspecified atom stereocenters. The summed E-state index contributed by atoms with van der Waals surface area (Å²) in [4.78, 5) is 47.8. The molecule has 0 radical (unpaired) electrons. The van der Waals surface area contributed by atoms with Crippen molar-refractivity contribution in [1.82, 2.24) is 29.9 Å². The van der Waals surface area contributed by atoms with E-state index in [9.17, 15) is 9.59 Å². The maximum Gasteiger partial charge on any atom is 0.494 e. The number of anilines is 1. The van der Waals surface area contributed by atoms with Gasteiger partial charge < -0.3 is 48.4 Å². The number of nitrogens with two attached hydrogens (primary N) is 1. The molecule has 0 spiro atoms. The first kappa shape index (κ1) is 88.6. The summed E-state index contributed by atoms with van der Waals surface area (Å²) in [7, 11) is -1.13. The summed E-state index contributed by atoms with van der Waals surface area (Å²) in [6, 6.07) is 73.1. The van der Waals surface area contributed by atoms with E-state index in [0.717, 1.165) is 108 Å². The summed E-state index contributed by atoms with van der Waals surface area (Å²) in [6.07, 6.45) is 13.8. The standard InChI is InChI=1S/C26H25BN2O2.C20H13BrN2.C13H11NO.C12H24B2O4.C8H7BrO.C7H8BrNO.C5H6BNO2/c1-25(2)26(3,4)31-27(30-25)22-11-13-24-20(16-22)10-12-23(29-24)19-8-5-7-18(15-19)21-9-6-14-28-17-21;21-18-7-9-20-16(12-18)6-8-19(23-20)15-4-1-3-14(11-15)17-5-2-10-22-13-17;1-10(15)11-4-2-5-12(8-11)13-6-3-7-14-9-13;1-9(2)10(3,4)16-13(15-9)14-17-11(5,6)12(7,8)18-14;1-6(10)7-3-2-4-8(9)5-7;1-10-7-4-5(8)2-3-6(7)9;8-6(9)5-2-1-3-7-4-5/h5-17H,1-4H3;1-13H;2-9H,1H3;1-8H3;2-5H,1H3;2-4H,9H2,1H3;1-4,8-9H. The van der Waals surface area contributed by atoms with Crippen LogP contribution in [0, 0.1) is 0 Å². The molecule has 25 heteroatoms. The van der Waals surface area contributed by atoms with Crippen molar-refractivity contribution in [2.45, 2.75) is 131 Å². The van der Waals surface area contributed by atoms with Crippen molar-refractivity contribution in [1.29, 1.82) is 0 Å². The van der Waals surface area contributed by atoms with Gasteiger partial charge >= 0.3 is 28.3 Å². The zero-order chi connectivity index (χ0) is 83.8. The summed E-state index contributed by atoms with van der Waals surface area (Å²) in [6.45, 7) is 27.6. The van der Waals surface area contributed by atoms with Gasteiger partial charge in [-0.3, -0.25) is 29.5 Å². The SMILES string of the molecule is Brc1ccc2nc(-c3cccc(-c4cccnc4)c3)ccc2c1.CC(=O)c1cccc(-c2cccnc2)c1.CC(=O)c1cccc(Br)c1.CC1(C)OB(B2OC(C)(C)C(C)(C)O2)OC1(C)C.CC1(C)OB(c2ccc3nc(-c4cccc(-c5cccnc5)c4)ccc3c2)OC1(C)C.COc1cc(Br)ccc1N.OB(O)c1cccnc1. The third-order valence-corrected chi connectivity index (χ3v) is 22.1. The smallest absolute Gasteiger partial charge is 0.494 e. The molecule has 116 heavy (non-hydrogen) atoms. The lowest BCUT2D eigenvalue weighted by molar-refractivity contribution is 0.00578. The molecule has 9 heterocycles. The van der Waals surface area contributed by atoms with Crippen LogP contribution in [0.15, 0.2) is 287 Å². The van der Waals surface area contributed by atoms with E-state index in [0.29, 0.717) is 16.9 Å². The summed E-state index contributed by atoms with van der Waals surface area (Å²) in [5.74, 6) is 0.886. The Morgan fingerprint density at radius 3 is 1.16 bits per heavy atom. The van der Waals surface area contributed by atoms with Gasteiger partial charge in [0.15, 0.2) is 11.6 Å². The highest BCUT2D eigenvalue weighted by Gasteiger charge is 2.64. The summed E-state index contributed by atoms with van der Waals surface area (Å²) >= 11 is 10.1. The number of nitrogens with zero attached hydrogens (tertiary/aromatic N) is 6. The van der Waals surface area contributed by atoms with Crippen LogP contribution in [0.25, 0.3) is 77.7 Å². The van der Waals surface area contributed by atoms with Gasteiger partial charge in [-0.1, -0.05) is 163 Å². The van der Waals surface area contributed by atoms with Crippen molar-refractivity contribution in [3.05, 3.63) is 299 Å². The predicted octanol–water partition coefficient (Wildman–Crippen LogP) is 19.6. The Morgan fingerprint density at radius 2 is 0.759 bits per heavy atom. The third kappa shape index (κ3) is 23.3. The lowest BCUT2D eigenvalue weighted by atomic mass is 9.49. The quantitative estimate of drug-likeness (QED) is 0.0619. The number of aromatic nitrogens is 6. The number of nitrogen functional groups attached to an aromatic ring is 1. The Hall–Kier alpha value is -9.72. The zero-order valence-electron chi connectivity index (χ0n) is 67.8. The molecule has 16 rings (SSSR count). The molecule has 3 fully saturated rings. The minimum Gasteiger partial charge on any atom is -0.495 e. The monoisotopic (exact) mass is 1740 g/mol. The predicted molar refractivity (Wildman–Crippen MR) is 479 cm³/mol. The van der Waals surface area contributed by atoms with Gasteiger partial charge in [0.1, 0.15) is 5.75 Å². The molecule has 3 aliphatic rings. The molecular weight excluding hydrogens is 1650 g/mol.